The molecule has 0 saturated heterocycles. The van der Waals surface area contributed by atoms with Crippen molar-refractivity contribution in [3.8, 4) is 0 Å². The van der Waals surface area contributed by atoms with Gasteiger partial charge in [-0.25, -0.2) is 0 Å². The standard InChI is InChI=1S/C14H20O2/c1-10-8-12(3)13(9-11(10)2)14(15)6-5-7-16-4/h8-9H,5-7H2,1-4H3. The van der Waals surface area contributed by atoms with E-state index in [0.29, 0.717) is 13.0 Å². The molecule has 0 fully saturated rings. The molecule has 0 saturated carbocycles. The number of ketones is 1. The third kappa shape index (κ3) is 3.17. The molecule has 2 nitrogen and oxygen atoms in total. The molecule has 1 rings (SSSR count). The van der Waals surface area contributed by atoms with Gasteiger partial charge in [0.05, 0.1) is 0 Å². The van der Waals surface area contributed by atoms with Crippen LogP contribution in [0.15, 0.2) is 12.1 Å². The second-order valence-corrected chi connectivity index (χ2v) is 4.27. The third-order valence-electron chi connectivity index (χ3n) is 2.89. The van der Waals surface area contributed by atoms with Gasteiger partial charge in [0, 0.05) is 25.7 Å². The molecule has 0 atom stereocenters. The first-order valence-electron chi connectivity index (χ1n) is 5.66. The fraction of sp³-hybridized carbons (Fsp3) is 0.500. The number of rotatable bonds is 5. The van der Waals surface area contributed by atoms with Crippen LogP contribution in [0.5, 0.6) is 0 Å². The van der Waals surface area contributed by atoms with Gasteiger partial charge in [-0.2, -0.15) is 0 Å². The number of hydrogen-bond donors (Lipinski definition) is 0. The average Bonchev–Trinajstić information content (AvgIpc) is 2.23. The first-order valence-corrected chi connectivity index (χ1v) is 5.66. The molecule has 0 radical (unpaired) electrons. The van der Waals surface area contributed by atoms with Crippen LogP contribution in [0.4, 0.5) is 0 Å². The maximum absolute atomic E-state index is 11.9. The van der Waals surface area contributed by atoms with Crippen molar-refractivity contribution in [2.45, 2.75) is 33.6 Å². The molecule has 16 heavy (non-hydrogen) atoms. The molecule has 1 aromatic carbocycles. The second-order valence-electron chi connectivity index (χ2n) is 4.27. The van der Waals surface area contributed by atoms with E-state index >= 15 is 0 Å². The monoisotopic (exact) mass is 220 g/mol. The SMILES string of the molecule is COCCCC(=O)c1cc(C)c(C)cc1C. The summed E-state index contributed by atoms with van der Waals surface area (Å²) in [6, 6.07) is 4.08. The Hall–Kier alpha value is -1.15. The zero-order chi connectivity index (χ0) is 12.1. The Balaban J connectivity index is 2.79. The number of carbonyl (C=O) groups excluding carboxylic acids is 1. The molecule has 0 spiro atoms. The van der Waals surface area contributed by atoms with E-state index in [-0.39, 0.29) is 5.78 Å². The predicted octanol–water partition coefficient (Wildman–Crippen LogP) is 3.22. The molecule has 0 heterocycles. The van der Waals surface area contributed by atoms with E-state index in [1.54, 1.807) is 7.11 Å². The van der Waals surface area contributed by atoms with E-state index < -0.39 is 0 Å². The van der Waals surface area contributed by atoms with Gasteiger partial charge in [0.25, 0.3) is 0 Å². The summed E-state index contributed by atoms with van der Waals surface area (Å²) in [7, 11) is 1.66. The van der Waals surface area contributed by atoms with E-state index in [4.69, 9.17) is 4.74 Å². The minimum Gasteiger partial charge on any atom is -0.385 e. The van der Waals surface area contributed by atoms with Crippen LogP contribution in [0.2, 0.25) is 0 Å². The summed E-state index contributed by atoms with van der Waals surface area (Å²) in [6.07, 6.45) is 1.36. The van der Waals surface area contributed by atoms with E-state index in [2.05, 4.69) is 13.0 Å². The van der Waals surface area contributed by atoms with Gasteiger partial charge in [-0.15, -0.1) is 0 Å². The number of ether oxygens (including phenoxy) is 1. The molecule has 0 aliphatic carbocycles. The van der Waals surface area contributed by atoms with Crippen molar-refractivity contribution >= 4 is 5.78 Å². The van der Waals surface area contributed by atoms with Gasteiger partial charge in [0.1, 0.15) is 0 Å². The molecule has 0 amide bonds. The lowest BCUT2D eigenvalue weighted by Gasteiger charge is -2.08. The molecular formula is C14H20O2. The van der Waals surface area contributed by atoms with E-state index in [1.807, 2.05) is 19.9 Å². The van der Waals surface area contributed by atoms with Crippen molar-refractivity contribution in [3.63, 3.8) is 0 Å². The fourth-order valence-electron chi connectivity index (χ4n) is 1.77. The summed E-state index contributed by atoms with van der Waals surface area (Å²) < 4.78 is 4.95. The van der Waals surface area contributed by atoms with Gasteiger partial charge in [0.15, 0.2) is 5.78 Å². The predicted molar refractivity (Wildman–Crippen MR) is 66.1 cm³/mol. The number of Topliss-reactive ketones (excluding diaryl/α,β-unsaturated/α-hetero) is 1. The average molecular weight is 220 g/mol. The number of aryl methyl sites for hydroxylation is 3. The Bertz CT molecular complexity index is 381. The first kappa shape index (κ1) is 12.9. The van der Waals surface area contributed by atoms with Crippen LogP contribution in [0, 0.1) is 20.8 Å². The number of carbonyl (C=O) groups is 1. The van der Waals surface area contributed by atoms with Crippen LogP contribution < -0.4 is 0 Å². The van der Waals surface area contributed by atoms with Crippen LogP contribution >= 0.6 is 0 Å². The molecule has 1 aromatic rings. The molecule has 0 bridgehead atoms. The quantitative estimate of drug-likeness (QED) is 0.562. The summed E-state index contributed by atoms with van der Waals surface area (Å²) in [4.78, 5) is 11.9. The Morgan fingerprint density at radius 1 is 1.12 bits per heavy atom. The van der Waals surface area contributed by atoms with Crippen LogP contribution in [-0.2, 0) is 4.74 Å². The lowest BCUT2D eigenvalue weighted by Crippen LogP contribution is -2.04. The first-order chi connectivity index (χ1) is 7.56. The smallest absolute Gasteiger partial charge is 0.163 e. The Morgan fingerprint density at radius 2 is 1.75 bits per heavy atom. The topological polar surface area (TPSA) is 26.3 Å². The second kappa shape index (κ2) is 5.80. The van der Waals surface area contributed by atoms with Crippen molar-refractivity contribution in [1.82, 2.24) is 0 Å². The van der Waals surface area contributed by atoms with Crippen molar-refractivity contribution in [3.05, 3.63) is 34.4 Å². The highest BCUT2D eigenvalue weighted by Gasteiger charge is 2.10. The number of hydrogen-bond acceptors (Lipinski definition) is 2. The summed E-state index contributed by atoms with van der Waals surface area (Å²) >= 11 is 0. The maximum Gasteiger partial charge on any atom is 0.163 e. The van der Waals surface area contributed by atoms with Gasteiger partial charge in [0.2, 0.25) is 0 Å². The molecule has 88 valence electrons. The van der Waals surface area contributed by atoms with Crippen molar-refractivity contribution in [1.29, 1.82) is 0 Å². The highest BCUT2D eigenvalue weighted by atomic mass is 16.5. The minimum atomic E-state index is 0.220. The van der Waals surface area contributed by atoms with Gasteiger partial charge >= 0.3 is 0 Å². The summed E-state index contributed by atoms with van der Waals surface area (Å²) in [5, 5.41) is 0. The molecule has 0 aliphatic rings. The van der Waals surface area contributed by atoms with Gasteiger partial charge in [-0.05, 0) is 49.9 Å². The fourth-order valence-corrected chi connectivity index (χ4v) is 1.77. The molecular weight excluding hydrogens is 200 g/mol. The van der Waals surface area contributed by atoms with Crippen molar-refractivity contribution in [2.75, 3.05) is 13.7 Å². The third-order valence-corrected chi connectivity index (χ3v) is 2.89. The zero-order valence-electron chi connectivity index (χ0n) is 10.6. The molecule has 0 unspecified atom stereocenters. The number of methoxy groups -OCH3 is 1. The van der Waals surface area contributed by atoms with Gasteiger partial charge < -0.3 is 4.74 Å². The molecule has 0 aliphatic heterocycles. The van der Waals surface area contributed by atoms with Gasteiger partial charge in [-0.3, -0.25) is 4.79 Å². The summed E-state index contributed by atoms with van der Waals surface area (Å²) in [5.74, 6) is 0.220. The van der Waals surface area contributed by atoms with E-state index in [1.165, 1.54) is 11.1 Å². The Kier molecular flexibility index (Phi) is 4.69. The Labute approximate surface area is 97.6 Å². The van der Waals surface area contributed by atoms with E-state index in [9.17, 15) is 4.79 Å². The van der Waals surface area contributed by atoms with E-state index in [0.717, 1.165) is 17.5 Å². The molecule has 2 heteroatoms. The van der Waals surface area contributed by atoms with Crippen LogP contribution in [0.25, 0.3) is 0 Å². The number of benzene rings is 1. The largest absolute Gasteiger partial charge is 0.385 e. The molecule has 0 N–H and O–H groups in total. The van der Waals surface area contributed by atoms with Crippen molar-refractivity contribution < 1.29 is 9.53 Å². The van der Waals surface area contributed by atoms with Crippen LogP contribution in [-0.4, -0.2) is 19.5 Å². The van der Waals surface area contributed by atoms with Crippen LogP contribution in [0.3, 0.4) is 0 Å². The lowest BCUT2D eigenvalue weighted by atomic mass is 9.96. The highest BCUT2D eigenvalue weighted by molar-refractivity contribution is 5.97. The normalized spacial score (nSPS) is 10.5. The maximum atomic E-state index is 11.9. The van der Waals surface area contributed by atoms with Crippen molar-refractivity contribution in [2.24, 2.45) is 0 Å². The lowest BCUT2D eigenvalue weighted by molar-refractivity contribution is 0.0962. The minimum absolute atomic E-state index is 0.220. The molecule has 0 aromatic heterocycles. The van der Waals surface area contributed by atoms with Gasteiger partial charge in [-0.1, -0.05) is 6.07 Å². The highest BCUT2D eigenvalue weighted by Crippen LogP contribution is 2.17. The zero-order valence-corrected chi connectivity index (χ0v) is 10.6. The Morgan fingerprint density at radius 3 is 2.38 bits per heavy atom. The summed E-state index contributed by atoms with van der Waals surface area (Å²) in [6.45, 7) is 6.76. The van der Waals surface area contributed by atoms with Crippen LogP contribution in [0.1, 0.15) is 39.9 Å². The summed E-state index contributed by atoms with van der Waals surface area (Å²) in [5.41, 5.74) is 4.36.